The summed E-state index contributed by atoms with van der Waals surface area (Å²) in [4.78, 5) is 26.6. The van der Waals surface area contributed by atoms with Crippen molar-refractivity contribution in [1.82, 2.24) is 4.98 Å². The number of ketones is 1. The molecule has 1 aromatic heterocycles. The molecule has 0 amide bonds. The fourth-order valence-electron chi connectivity index (χ4n) is 4.18. The van der Waals surface area contributed by atoms with E-state index in [-0.39, 0.29) is 22.5 Å². The summed E-state index contributed by atoms with van der Waals surface area (Å²) in [5, 5.41) is 9.98. The molecule has 1 heterocycles. The van der Waals surface area contributed by atoms with E-state index >= 15 is 0 Å². The fourth-order valence-corrected chi connectivity index (χ4v) is 5.07. The second-order valence-electron chi connectivity index (χ2n) is 6.99. The van der Waals surface area contributed by atoms with Crippen LogP contribution in [0.15, 0.2) is 41.2 Å². The smallest absolute Gasteiger partial charge is 0.307 e. The van der Waals surface area contributed by atoms with Crippen molar-refractivity contribution < 1.29 is 14.6 Å². The maximum Gasteiger partial charge on any atom is 0.307 e. The second kappa shape index (κ2) is 6.09. The van der Waals surface area contributed by atoms with E-state index < -0.39 is 0 Å². The van der Waals surface area contributed by atoms with Gasteiger partial charge >= 0.3 is 4.87 Å². The summed E-state index contributed by atoms with van der Waals surface area (Å²) in [6, 6.07) is 11.6. The number of aryl methyl sites for hydroxylation is 2. The molecule has 3 aromatic rings. The molecule has 27 heavy (non-hydrogen) atoms. The van der Waals surface area contributed by atoms with Gasteiger partial charge in [0, 0.05) is 12.3 Å². The Morgan fingerprint density at radius 3 is 2.78 bits per heavy atom. The molecule has 2 aliphatic rings. The van der Waals surface area contributed by atoms with Crippen LogP contribution < -0.4 is 9.61 Å². The molecule has 2 aliphatic carbocycles. The fraction of sp³-hybridized carbons (Fsp3) is 0.238. The monoisotopic (exact) mass is 379 g/mol. The van der Waals surface area contributed by atoms with E-state index in [4.69, 9.17) is 4.74 Å². The summed E-state index contributed by atoms with van der Waals surface area (Å²) < 4.78 is 6.06. The Bertz CT molecular complexity index is 1130. The van der Waals surface area contributed by atoms with E-state index in [1.807, 2.05) is 36.4 Å². The zero-order chi connectivity index (χ0) is 18.5. The standard InChI is InChI=1S/C21H17NO4S/c23-16-9-5-11-2-1-3-17(18(11)16)26-13-6-8-14-12(10-13)4-7-15(14)19-20(24)22-21(25)27-19/h1-3,6,8,10,15,24H,4-5,7,9H2,(H,22,25)/t15-/m1/s1. The molecule has 1 atom stereocenters. The molecule has 5 nitrogen and oxygen atoms in total. The highest BCUT2D eigenvalue weighted by Crippen LogP contribution is 2.43. The average molecular weight is 379 g/mol. The number of aromatic amines is 1. The molecule has 6 heteroatoms. The van der Waals surface area contributed by atoms with Crippen LogP contribution in [0.1, 0.15) is 50.7 Å². The summed E-state index contributed by atoms with van der Waals surface area (Å²) in [5.74, 6) is 1.46. The van der Waals surface area contributed by atoms with Crippen LogP contribution in [-0.4, -0.2) is 15.9 Å². The predicted molar refractivity (Wildman–Crippen MR) is 102 cm³/mol. The van der Waals surface area contributed by atoms with Crippen molar-refractivity contribution in [3.05, 3.63) is 73.2 Å². The van der Waals surface area contributed by atoms with Crippen molar-refractivity contribution in [2.45, 2.75) is 31.6 Å². The van der Waals surface area contributed by atoms with E-state index in [1.165, 1.54) is 0 Å². The zero-order valence-electron chi connectivity index (χ0n) is 14.5. The SMILES string of the molecule is O=C1CCc2cccc(Oc3ccc4c(c3)CC[C@H]4c3sc(=O)[nH]c3O)c21. The number of aromatic hydroxyl groups is 1. The van der Waals surface area contributed by atoms with Crippen molar-refractivity contribution in [2.75, 3.05) is 0 Å². The number of H-pyrrole nitrogens is 1. The molecular formula is C21H17NO4S. The molecule has 0 unspecified atom stereocenters. The van der Waals surface area contributed by atoms with Crippen molar-refractivity contribution in [1.29, 1.82) is 0 Å². The largest absolute Gasteiger partial charge is 0.494 e. The number of hydrogen-bond acceptors (Lipinski definition) is 5. The summed E-state index contributed by atoms with van der Waals surface area (Å²) >= 11 is 1.07. The van der Waals surface area contributed by atoms with E-state index in [0.717, 1.165) is 47.3 Å². The van der Waals surface area contributed by atoms with Crippen LogP contribution in [0, 0.1) is 0 Å². The summed E-state index contributed by atoms with van der Waals surface area (Å²) in [5.41, 5.74) is 4.02. The lowest BCUT2D eigenvalue weighted by molar-refractivity contribution is 0.0992. The van der Waals surface area contributed by atoms with Crippen LogP contribution in [0.2, 0.25) is 0 Å². The van der Waals surface area contributed by atoms with E-state index in [9.17, 15) is 14.7 Å². The number of ether oxygens (including phenoxy) is 1. The minimum Gasteiger partial charge on any atom is -0.494 e. The summed E-state index contributed by atoms with van der Waals surface area (Å²) in [6.45, 7) is 0. The normalized spacial score (nSPS) is 17.8. The Hall–Kier alpha value is -2.86. The number of aromatic nitrogens is 1. The van der Waals surface area contributed by atoms with Crippen molar-refractivity contribution in [3.8, 4) is 17.4 Å². The minimum absolute atomic E-state index is 0.0264. The number of thiazole rings is 1. The first-order valence-electron chi connectivity index (χ1n) is 8.98. The van der Waals surface area contributed by atoms with Gasteiger partial charge in [0.1, 0.15) is 11.5 Å². The molecule has 0 radical (unpaired) electrons. The van der Waals surface area contributed by atoms with Crippen LogP contribution in [0.4, 0.5) is 0 Å². The van der Waals surface area contributed by atoms with E-state index in [0.29, 0.717) is 28.4 Å². The van der Waals surface area contributed by atoms with E-state index in [2.05, 4.69) is 4.98 Å². The number of Topliss-reactive ketones (excluding diaryl/α,β-unsaturated/α-hetero) is 1. The van der Waals surface area contributed by atoms with Gasteiger partial charge in [-0.25, -0.2) is 0 Å². The summed E-state index contributed by atoms with van der Waals surface area (Å²) in [7, 11) is 0. The first kappa shape index (κ1) is 16.3. The quantitative estimate of drug-likeness (QED) is 0.717. The number of benzene rings is 2. The Morgan fingerprint density at radius 1 is 1.07 bits per heavy atom. The molecule has 0 saturated heterocycles. The third kappa shape index (κ3) is 2.68. The van der Waals surface area contributed by atoms with Crippen LogP contribution >= 0.6 is 11.3 Å². The van der Waals surface area contributed by atoms with Gasteiger partial charge in [-0.2, -0.15) is 0 Å². The number of fused-ring (bicyclic) bond motifs is 2. The lowest BCUT2D eigenvalue weighted by Crippen LogP contribution is -1.97. The molecule has 0 saturated carbocycles. The summed E-state index contributed by atoms with van der Waals surface area (Å²) in [6.07, 6.45) is 3.03. The van der Waals surface area contributed by atoms with Gasteiger partial charge in [-0.3, -0.25) is 14.6 Å². The highest BCUT2D eigenvalue weighted by molar-refractivity contribution is 7.09. The third-order valence-corrected chi connectivity index (χ3v) is 6.39. The highest BCUT2D eigenvalue weighted by atomic mass is 32.1. The Labute approximate surface area is 159 Å². The van der Waals surface area contributed by atoms with Crippen LogP contribution in [0.5, 0.6) is 17.4 Å². The molecule has 5 rings (SSSR count). The Kier molecular flexibility index (Phi) is 3.68. The van der Waals surface area contributed by atoms with Gasteiger partial charge in [0.2, 0.25) is 5.88 Å². The molecule has 0 bridgehead atoms. The van der Waals surface area contributed by atoms with Gasteiger partial charge in [-0.15, -0.1) is 0 Å². The Morgan fingerprint density at radius 2 is 1.96 bits per heavy atom. The number of carbonyl (C=O) groups is 1. The molecular weight excluding hydrogens is 362 g/mol. The van der Waals surface area contributed by atoms with Gasteiger partial charge in [-0.1, -0.05) is 29.5 Å². The van der Waals surface area contributed by atoms with Crippen molar-refractivity contribution in [3.63, 3.8) is 0 Å². The van der Waals surface area contributed by atoms with E-state index in [1.54, 1.807) is 0 Å². The minimum atomic E-state index is -0.237. The van der Waals surface area contributed by atoms with Gasteiger partial charge in [0.05, 0.1) is 10.4 Å². The third-order valence-electron chi connectivity index (χ3n) is 5.41. The van der Waals surface area contributed by atoms with Gasteiger partial charge in [0.25, 0.3) is 0 Å². The van der Waals surface area contributed by atoms with Crippen molar-refractivity contribution in [2.24, 2.45) is 0 Å². The topological polar surface area (TPSA) is 79.4 Å². The molecule has 136 valence electrons. The molecule has 0 aliphatic heterocycles. The molecule has 2 aromatic carbocycles. The number of rotatable bonds is 3. The highest BCUT2D eigenvalue weighted by Gasteiger charge is 2.29. The maximum absolute atomic E-state index is 12.2. The molecule has 0 fully saturated rings. The van der Waals surface area contributed by atoms with Gasteiger partial charge < -0.3 is 9.84 Å². The first-order valence-corrected chi connectivity index (χ1v) is 9.79. The predicted octanol–water partition coefficient (Wildman–Crippen LogP) is 4.14. The lowest BCUT2D eigenvalue weighted by Gasteiger charge is -2.13. The number of carbonyl (C=O) groups excluding carboxylic acids is 1. The molecule has 0 spiro atoms. The van der Waals surface area contributed by atoms with Crippen LogP contribution in [0.25, 0.3) is 0 Å². The number of nitrogens with one attached hydrogen (secondary N) is 1. The molecule has 2 N–H and O–H groups in total. The first-order chi connectivity index (χ1) is 13.1. The number of hydrogen-bond donors (Lipinski definition) is 2. The van der Waals surface area contributed by atoms with Gasteiger partial charge in [0.15, 0.2) is 5.78 Å². The average Bonchev–Trinajstić information content (AvgIpc) is 3.32. The van der Waals surface area contributed by atoms with Crippen LogP contribution in [0.3, 0.4) is 0 Å². The van der Waals surface area contributed by atoms with Crippen molar-refractivity contribution >= 4 is 17.1 Å². The van der Waals surface area contributed by atoms with Crippen LogP contribution in [-0.2, 0) is 12.8 Å². The maximum atomic E-state index is 12.2. The Balaban J connectivity index is 1.47. The lowest BCUT2D eigenvalue weighted by atomic mass is 10.00. The zero-order valence-corrected chi connectivity index (χ0v) is 15.3. The van der Waals surface area contributed by atoms with Gasteiger partial charge in [-0.05, 0) is 54.2 Å². The second-order valence-corrected chi connectivity index (χ2v) is 8.01.